The van der Waals surface area contributed by atoms with Gasteiger partial charge in [0.15, 0.2) is 6.61 Å². The number of aromatic nitrogens is 2. The number of piperazine rings is 1. The monoisotopic (exact) mass is 482 g/mol. The van der Waals surface area contributed by atoms with Gasteiger partial charge in [0, 0.05) is 57.7 Å². The van der Waals surface area contributed by atoms with Gasteiger partial charge in [0.2, 0.25) is 5.95 Å². The fraction of sp³-hybridized carbons (Fsp3) is 0.500. The van der Waals surface area contributed by atoms with Gasteiger partial charge in [-0.3, -0.25) is 14.9 Å². The molecule has 0 aliphatic carbocycles. The first kappa shape index (κ1) is 24.4. The van der Waals surface area contributed by atoms with Crippen LogP contribution in [0.3, 0.4) is 0 Å². The Bertz CT molecular complexity index is 1060. The first-order valence-electron chi connectivity index (χ1n) is 11.8. The normalized spacial score (nSPS) is 20.5. The van der Waals surface area contributed by atoms with E-state index in [4.69, 9.17) is 4.74 Å². The standard InChI is InChI=1S/C24H30N6O5/c1-17-12-18(2)15-29(14-17)20-5-4-19(13-21(20)30(33)34)23(32)35-16-22(31)27-8-10-28(11-9-27)24-25-6-3-7-26-24/h3-7,13,17-18H,8-12,14-16H2,1-2H3. The second kappa shape index (κ2) is 10.7. The number of rotatable bonds is 6. The molecular formula is C24H30N6O5. The predicted octanol–water partition coefficient (Wildman–Crippen LogP) is 2.37. The van der Waals surface area contributed by atoms with Crippen molar-refractivity contribution in [2.75, 3.05) is 55.7 Å². The minimum absolute atomic E-state index is 0.0532. The summed E-state index contributed by atoms with van der Waals surface area (Å²) in [6.45, 7) is 7.37. The molecule has 0 spiro atoms. The van der Waals surface area contributed by atoms with Crippen LogP contribution in [0.5, 0.6) is 0 Å². The van der Waals surface area contributed by atoms with Gasteiger partial charge in [0.25, 0.3) is 11.6 Å². The van der Waals surface area contributed by atoms with E-state index in [1.54, 1.807) is 29.4 Å². The fourth-order valence-electron chi connectivity index (χ4n) is 4.84. The molecule has 2 unspecified atom stereocenters. The van der Waals surface area contributed by atoms with Crippen molar-refractivity contribution in [3.05, 3.63) is 52.3 Å². The van der Waals surface area contributed by atoms with Gasteiger partial charge in [-0.1, -0.05) is 13.8 Å². The SMILES string of the molecule is CC1CC(C)CN(c2ccc(C(=O)OCC(=O)N3CCN(c4ncccn4)CC3)cc2[N+](=O)[O-])C1. The average Bonchev–Trinajstić information content (AvgIpc) is 2.86. The Morgan fingerprint density at radius 3 is 2.34 bits per heavy atom. The van der Waals surface area contributed by atoms with Crippen LogP contribution in [0.25, 0.3) is 0 Å². The van der Waals surface area contributed by atoms with Gasteiger partial charge in [0.1, 0.15) is 5.69 Å². The Balaban J connectivity index is 1.34. The second-order valence-electron chi connectivity index (χ2n) is 9.30. The molecule has 2 atom stereocenters. The molecule has 0 radical (unpaired) electrons. The van der Waals surface area contributed by atoms with Crippen molar-refractivity contribution in [1.82, 2.24) is 14.9 Å². The van der Waals surface area contributed by atoms with E-state index in [0.717, 1.165) is 19.5 Å². The van der Waals surface area contributed by atoms with E-state index in [2.05, 4.69) is 23.8 Å². The second-order valence-corrected chi connectivity index (χ2v) is 9.30. The van der Waals surface area contributed by atoms with Crippen molar-refractivity contribution in [3.8, 4) is 0 Å². The van der Waals surface area contributed by atoms with E-state index in [1.165, 1.54) is 12.1 Å². The summed E-state index contributed by atoms with van der Waals surface area (Å²) in [5, 5.41) is 11.8. The molecule has 11 heteroatoms. The summed E-state index contributed by atoms with van der Waals surface area (Å²) in [4.78, 5) is 50.5. The van der Waals surface area contributed by atoms with Crippen LogP contribution >= 0.6 is 0 Å². The predicted molar refractivity (Wildman–Crippen MR) is 129 cm³/mol. The first-order valence-corrected chi connectivity index (χ1v) is 11.8. The molecule has 11 nitrogen and oxygen atoms in total. The Kier molecular flexibility index (Phi) is 7.42. The highest BCUT2D eigenvalue weighted by Crippen LogP contribution is 2.34. The number of hydrogen-bond donors (Lipinski definition) is 0. The van der Waals surface area contributed by atoms with Crippen LogP contribution in [-0.4, -0.2) is 77.5 Å². The Hall–Kier alpha value is -3.76. The van der Waals surface area contributed by atoms with Crippen molar-refractivity contribution in [1.29, 1.82) is 0 Å². The molecule has 0 bridgehead atoms. The number of nitro benzene ring substituents is 1. The molecular weight excluding hydrogens is 452 g/mol. The minimum Gasteiger partial charge on any atom is -0.452 e. The van der Waals surface area contributed by atoms with Crippen LogP contribution < -0.4 is 9.80 Å². The van der Waals surface area contributed by atoms with Gasteiger partial charge >= 0.3 is 5.97 Å². The van der Waals surface area contributed by atoms with Crippen molar-refractivity contribution >= 4 is 29.2 Å². The van der Waals surface area contributed by atoms with Crippen LogP contribution in [0.15, 0.2) is 36.7 Å². The van der Waals surface area contributed by atoms with Crippen LogP contribution in [0, 0.1) is 22.0 Å². The summed E-state index contributed by atoms with van der Waals surface area (Å²) in [6.07, 6.45) is 4.42. The molecule has 186 valence electrons. The number of hydrogen-bond acceptors (Lipinski definition) is 9. The number of esters is 1. The Morgan fingerprint density at radius 2 is 1.71 bits per heavy atom. The minimum atomic E-state index is -0.760. The summed E-state index contributed by atoms with van der Waals surface area (Å²) in [6, 6.07) is 6.11. The van der Waals surface area contributed by atoms with E-state index in [-0.39, 0.29) is 17.2 Å². The molecule has 35 heavy (non-hydrogen) atoms. The maximum absolute atomic E-state index is 12.6. The lowest BCUT2D eigenvalue weighted by Crippen LogP contribution is -2.50. The number of anilines is 2. The lowest BCUT2D eigenvalue weighted by molar-refractivity contribution is -0.384. The number of amides is 1. The summed E-state index contributed by atoms with van der Waals surface area (Å²) in [5.41, 5.74) is 0.421. The molecule has 2 saturated heterocycles. The van der Waals surface area contributed by atoms with E-state index < -0.39 is 17.5 Å². The quantitative estimate of drug-likeness (QED) is 0.347. The van der Waals surface area contributed by atoms with Crippen LogP contribution in [0.2, 0.25) is 0 Å². The number of nitrogens with zero attached hydrogens (tertiary/aromatic N) is 6. The fourth-order valence-corrected chi connectivity index (χ4v) is 4.84. The molecule has 3 heterocycles. The number of piperidine rings is 1. The molecule has 2 fully saturated rings. The lowest BCUT2D eigenvalue weighted by Gasteiger charge is -2.36. The number of carbonyl (C=O) groups excluding carboxylic acids is 2. The molecule has 2 aliphatic heterocycles. The van der Waals surface area contributed by atoms with Gasteiger partial charge in [-0.2, -0.15) is 0 Å². The lowest BCUT2D eigenvalue weighted by atomic mass is 9.91. The van der Waals surface area contributed by atoms with E-state index >= 15 is 0 Å². The number of carbonyl (C=O) groups is 2. The van der Waals surface area contributed by atoms with E-state index in [0.29, 0.717) is 49.7 Å². The average molecular weight is 483 g/mol. The third-order valence-electron chi connectivity index (χ3n) is 6.41. The molecule has 1 aromatic carbocycles. The molecule has 4 rings (SSSR count). The van der Waals surface area contributed by atoms with Gasteiger partial charge in [-0.25, -0.2) is 14.8 Å². The van der Waals surface area contributed by atoms with Gasteiger partial charge < -0.3 is 19.4 Å². The highest BCUT2D eigenvalue weighted by atomic mass is 16.6. The third-order valence-corrected chi connectivity index (χ3v) is 6.41. The number of nitro groups is 1. The summed E-state index contributed by atoms with van der Waals surface area (Å²) >= 11 is 0. The van der Waals surface area contributed by atoms with Crippen molar-refractivity contribution in [2.24, 2.45) is 11.8 Å². The molecule has 0 N–H and O–H groups in total. The zero-order valence-electron chi connectivity index (χ0n) is 20.0. The maximum Gasteiger partial charge on any atom is 0.338 e. The number of benzene rings is 1. The molecule has 1 aromatic heterocycles. The van der Waals surface area contributed by atoms with Crippen LogP contribution in [-0.2, 0) is 9.53 Å². The Morgan fingerprint density at radius 1 is 1.06 bits per heavy atom. The summed E-state index contributed by atoms with van der Waals surface area (Å²) < 4.78 is 5.20. The van der Waals surface area contributed by atoms with E-state index in [1.807, 2.05) is 9.80 Å². The van der Waals surface area contributed by atoms with Crippen LogP contribution in [0.1, 0.15) is 30.6 Å². The van der Waals surface area contributed by atoms with Crippen LogP contribution in [0.4, 0.5) is 17.3 Å². The largest absolute Gasteiger partial charge is 0.452 e. The summed E-state index contributed by atoms with van der Waals surface area (Å²) in [7, 11) is 0. The van der Waals surface area contributed by atoms with Gasteiger partial charge in [0.05, 0.1) is 10.5 Å². The first-order chi connectivity index (χ1) is 16.8. The highest BCUT2D eigenvalue weighted by molar-refractivity contribution is 5.93. The van der Waals surface area contributed by atoms with E-state index in [9.17, 15) is 19.7 Å². The van der Waals surface area contributed by atoms with Gasteiger partial charge in [-0.15, -0.1) is 0 Å². The maximum atomic E-state index is 12.6. The van der Waals surface area contributed by atoms with Crippen molar-refractivity contribution < 1.29 is 19.2 Å². The zero-order chi connectivity index (χ0) is 24.9. The zero-order valence-corrected chi connectivity index (χ0v) is 20.0. The van der Waals surface area contributed by atoms with Crippen molar-refractivity contribution in [2.45, 2.75) is 20.3 Å². The van der Waals surface area contributed by atoms with Crippen molar-refractivity contribution in [3.63, 3.8) is 0 Å². The van der Waals surface area contributed by atoms with Gasteiger partial charge in [-0.05, 0) is 36.5 Å². The smallest absolute Gasteiger partial charge is 0.338 e. The molecule has 1 amide bonds. The third kappa shape index (κ3) is 5.84. The summed E-state index contributed by atoms with van der Waals surface area (Å²) in [5.74, 6) is 0.399. The topological polar surface area (TPSA) is 122 Å². The number of ether oxygens (including phenoxy) is 1. The highest BCUT2D eigenvalue weighted by Gasteiger charge is 2.29. The molecule has 2 aromatic rings. The molecule has 0 saturated carbocycles. The Labute approximate surface area is 203 Å². The molecule has 2 aliphatic rings.